The third-order valence-corrected chi connectivity index (χ3v) is 2.95. The van der Waals surface area contributed by atoms with E-state index in [9.17, 15) is 4.79 Å². The minimum atomic E-state index is 0.541. The van der Waals surface area contributed by atoms with Crippen molar-refractivity contribution in [2.75, 3.05) is 13.7 Å². The summed E-state index contributed by atoms with van der Waals surface area (Å²) in [5.74, 6) is 1.85. The van der Waals surface area contributed by atoms with Gasteiger partial charge in [0.1, 0.15) is 6.29 Å². The van der Waals surface area contributed by atoms with E-state index < -0.39 is 0 Å². The first-order chi connectivity index (χ1) is 8.24. The third kappa shape index (κ3) is 3.77. The van der Waals surface area contributed by atoms with Gasteiger partial charge in [0.05, 0.1) is 13.7 Å². The Kier molecular flexibility index (Phi) is 5.53. The fraction of sp³-hybridized carbons (Fsp3) is 0.500. The molecular formula is C14H20O3. The largest absolute Gasteiger partial charge is 0.493 e. The summed E-state index contributed by atoms with van der Waals surface area (Å²) in [5, 5.41) is 0. The van der Waals surface area contributed by atoms with Gasteiger partial charge in [-0.05, 0) is 24.1 Å². The summed E-state index contributed by atoms with van der Waals surface area (Å²) in [6.45, 7) is 4.96. The lowest BCUT2D eigenvalue weighted by atomic mass is 10.1. The van der Waals surface area contributed by atoms with Gasteiger partial charge in [0.15, 0.2) is 11.5 Å². The molecule has 3 heteroatoms. The van der Waals surface area contributed by atoms with Crippen molar-refractivity contribution in [3.63, 3.8) is 0 Å². The highest BCUT2D eigenvalue weighted by atomic mass is 16.5. The Morgan fingerprint density at radius 1 is 1.24 bits per heavy atom. The van der Waals surface area contributed by atoms with E-state index in [1.165, 1.54) is 0 Å². The quantitative estimate of drug-likeness (QED) is 0.681. The fourth-order valence-corrected chi connectivity index (χ4v) is 1.61. The SMILES string of the molecule is CCC(CC)COc1cc(C=O)ccc1OC. The minimum absolute atomic E-state index is 0.541. The molecule has 0 unspecified atom stereocenters. The van der Waals surface area contributed by atoms with Crippen LogP contribution in [0.5, 0.6) is 11.5 Å². The Bertz CT molecular complexity index is 356. The van der Waals surface area contributed by atoms with Crippen molar-refractivity contribution in [1.29, 1.82) is 0 Å². The predicted octanol–water partition coefficient (Wildman–Crippen LogP) is 3.32. The molecule has 0 radical (unpaired) electrons. The first-order valence-electron chi connectivity index (χ1n) is 6.01. The van der Waals surface area contributed by atoms with Crippen LogP contribution in [0.3, 0.4) is 0 Å². The maximum absolute atomic E-state index is 10.7. The van der Waals surface area contributed by atoms with E-state index in [2.05, 4.69) is 13.8 Å². The molecule has 0 aliphatic heterocycles. The van der Waals surface area contributed by atoms with Crippen LogP contribution in [0.2, 0.25) is 0 Å². The van der Waals surface area contributed by atoms with Crippen LogP contribution in [0.15, 0.2) is 18.2 Å². The molecular weight excluding hydrogens is 216 g/mol. The molecule has 3 nitrogen and oxygen atoms in total. The second-order valence-electron chi connectivity index (χ2n) is 4.02. The molecule has 0 heterocycles. The molecule has 0 amide bonds. The van der Waals surface area contributed by atoms with Crippen LogP contribution >= 0.6 is 0 Å². The van der Waals surface area contributed by atoms with Crippen LogP contribution in [0.25, 0.3) is 0 Å². The molecule has 0 spiro atoms. The summed E-state index contributed by atoms with van der Waals surface area (Å²) in [6, 6.07) is 5.19. The predicted molar refractivity (Wildman–Crippen MR) is 67.9 cm³/mol. The molecule has 0 aliphatic rings. The molecule has 1 aromatic carbocycles. The van der Waals surface area contributed by atoms with Gasteiger partial charge in [0.25, 0.3) is 0 Å². The lowest BCUT2D eigenvalue weighted by Gasteiger charge is -2.15. The molecule has 94 valence electrons. The number of carbonyl (C=O) groups excluding carboxylic acids is 1. The van der Waals surface area contributed by atoms with Crippen molar-refractivity contribution in [2.24, 2.45) is 5.92 Å². The summed E-state index contributed by atoms with van der Waals surface area (Å²) in [7, 11) is 1.60. The Morgan fingerprint density at radius 3 is 2.47 bits per heavy atom. The van der Waals surface area contributed by atoms with Gasteiger partial charge in [-0.3, -0.25) is 4.79 Å². The summed E-state index contributed by atoms with van der Waals surface area (Å²) < 4.78 is 10.9. The van der Waals surface area contributed by atoms with Gasteiger partial charge in [0, 0.05) is 5.56 Å². The van der Waals surface area contributed by atoms with E-state index in [0.29, 0.717) is 29.6 Å². The van der Waals surface area contributed by atoms with Crippen molar-refractivity contribution >= 4 is 6.29 Å². The molecule has 1 rings (SSSR count). The second kappa shape index (κ2) is 6.94. The molecule has 0 bridgehead atoms. The van der Waals surface area contributed by atoms with E-state index in [1.807, 2.05) is 0 Å². The summed E-state index contributed by atoms with van der Waals surface area (Å²) >= 11 is 0. The Balaban J connectivity index is 2.76. The molecule has 0 saturated carbocycles. The number of ether oxygens (including phenoxy) is 2. The highest BCUT2D eigenvalue weighted by molar-refractivity contribution is 5.76. The average molecular weight is 236 g/mol. The van der Waals surface area contributed by atoms with E-state index >= 15 is 0 Å². The van der Waals surface area contributed by atoms with Gasteiger partial charge in [-0.25, -0.2) is 0 Å². The second-order valence-corrected chi connectivity index (χ2v) is 4.02. The van der Waals surface area contributed by atoms with Crippen LogP contribution in [-0.4, -0.2) is 20.0 Å². The van der Waals surface area contributed by atoms with Gasteiger partial charge in [-0.15, -0.1) is 0 Å². The Labute approximate surface area is 103 Å². The van der Waals surface area contributed by atoms with Crippen molar-refractivity contribution in [2.45, 2.75) is 26.7 Å². The molecule has 17 heavy (non-hydrogen) atoms. The lowest BCUT2D eigenvalue weighted by Crippen LogP contribution is -2.10. The number of rotatable bonds is 7. The topological polar surface area (TPSA) is 35.5 Å². The zero-order chi connectivity index (χ0) is 12.7. The molecule has 0 aliphatic carbocycles. The number of hydrogen-bond acceptors (Lipinski definition) is 3. The first-order valence-corrected chi connectivity index (χ1v) is 6.01. The summed E-state index contributed by atoms with van der Waals surface area (Å²) in [6.07, 6.45) is 2.99. The zero-order valence-electron chi connectivity index (χ0n) is 10.7. The standard InChI is InChI=1S/C14H20O3/c1-4-11(5-2)10-17-14-8-12(9-15)6-7-13(14)16-3/h6-9,11H,4-5,10H2,1-3H3. The maximum Gasteiger partial charge on any atom is 0.161 e. The van der Waals surface area contributed by atoms with Crippen molar-refractivity contribution < 1.29 is 14.3 Å². The van der Waals surface area contributed by atoms with Crippen molar-refractivity contribution in [3.8, 4) is 11.5 Å². The monoisotopic (exact) mass is 236 g/mol. The molecule has 0 N–H and O–H groups in total. The highest BCUT2D eigenvalue weighted by Crippen LogP contribution is 2.28. The van der Waals surface area contributed by atoms with Crippen LogP contribution in [0.4, 0.5) is 0 Å². The number of hydrogen-bond donors (Lipinski definition) is 0. The summed E-state index contributed by atoms with van der Waals surface area (Å²) in [4.78, 5) is 10.7. The van der Waals surface area contributed by atoms with Crippen molar-refractivity contribution in [3.05, 3.63) is 23.8 Å². The smallest absolute Gasteiger partial charge is 0.161 e. The summed E-state index contributed by atoms with van der Waals surface area (Å²) in [5.41, 5.74) is 0.602. The van der Waals surface area contributed by atoms with Gasteiger partial charge in [-0.2, -0.15) is 0 Å². The van der Waals surface area contributed by atoms with Crippen LogP contribution in [-0.2, 0) is 0 Å². The molecule has 0 atom stereocenters. The number of aldehydes is 1. The molecule has 0 aromatic heterocycles. The maximum atomic E-state index is 10.7. The van der Waals surface area contributed by atoms with Crippen LogP contribution in [0, 0.1) is 5.92 Å². The van der Waals surface area contributed by atoms with Gasteiger partial charge in [0.2, 0.25) is 0 Å². The minimum Gasteiger partial charge on any atom is -0.493 e. The van der Waals surface area contributed by atoms with E-state index in [1.54, 1.807) is 25.3 Å². The van der Waals surface area contributed by atoms with Crippen molar-refractivity contribution in [1.82, 2.24) is 0 Å². The van der Waals surface area contributed by atoms with Gasteiger partial charge >= 0.3 is 0 Å². The fourth-order valence-electron chi connectivity index (χ4n) is 1.61. The van der Waals surface area contributed by atoms with Crippen LogP contribution < -0.4 is 9.47 Å². The van der Waals surface area contributed by atoms with Gasteiger partial charge < -0.3 is 9.47 Å². The molecule has 1 aromatic rings. The average Bonchev–Trinajstić information content (AvgIpc) is 2.39. The number of carbonyl (C=O) groups is 1. The van der Waals surface area contributed by atoms with Gasteiger partial charge in [-0.1, -0.05) is 26.7 Å². The zero-order valence-corrected chi connectivity index (χ0v) is 10.7. The van der Waals surface area contributed by atoms with E-state index in [-0.39, 0.29) is 0 Å². The highest BCUT2D eigenvalue weighted by Gasteiger charge is 2.09. The Morgan fingerprint density at radius 2 is 1.94 bits per heavy atom. The van der Waals surface area contributed by atoms with E-state index in [4.69, 9.17) is 9.47 Å². The molecule has 0 fully saturated rings. The normalized spacial score (nSPS) is 10.4. The number of benzene rings is 1. The third-order valence-electron chi connectivity index (χ3n) is 2.95. The van der Waals surface area contributed by atoms with Crippen LogP contribution in [0.1, 0.15) is 37.0 Å². The lowest BCUT2D eigenvalue weighted by molar-refractivity contribution is 0.112. The van der Waals surface area contributed by atoms with E-state index in [0.717, 1.165) is 19.1 Å². The Hall–Kier alpha value is -1.51. The molecule has 0 saturated heterocycles. The number of methoxy groups -OCH3 is 1. The first kappa shape index (κ1) is 13.6.